The third kappa shape index (κ3) is 4.28. The van der Waals surface area contributed by atoms with Crippen molar-refractivity contribution in [2.45, 2.75) is 25.6 Å². The minimum Gasteiger partial charge on any atom is -0.386 e. The lowest BCUT2D eigenvalue weighted by atomic mass is 9.97. The summed E-state index contributed by atoms with van der Waals surface area (Å²) in [6, 6.07) is 9.44. The van der Waals surface area contributed by atoms with Crippen LogP contribution in [0.1, 0.15) is 35.5 Å². The number of aromatic amines is 1. The van der Waals surface area contributed by atoms with Crippen molar-refractivity contribution in [3.8, 4) is 11.3 Å². The Morgan fingerprint density at radius 2 is 1.81 bits per heavy atom. The Morgan fingerprint density at radius 1 is 1.10 bits per heavy atom. The first-order chi connectivity index (χ1) is 14.5. The van der Waals surface area contributed by atoms with Gasteiger partial charge in [-0.2, -0.15) is 18.3 Å². The largest absolute Gasteiger partial charge is 0.433 e. The summed E-state index contributed by atoms with van der Waals surface area (Å²) in [4.78, 5) is 21.4. The number of hydrogen-bond acceptors (Lipinski definition) is 6. The van der Waals surface area contributed by atoms with Gasteiger partial charge in [-0.3, -0.25) is 15.2 Å². The number of amides is 1. The fraction of sp³-hybridized carbons (Fsp3) is 0.200. The van der Waals surface area contributed by atoms with Crippen molar-refractivity contribution >= 4 is 32.7 Å². The zero-order valence-electron chi connectivity index (χ0n) is 16.3. The Labute approximate surface area is 178 Å². The number of thiazole rings is 1. The molecule has 1 aromatic carbocycles. The fourth-order valence-electron chi connectivity index (χ4n) is 2.92. The van der Waals surface area contributed by atoms with Crippen LogP contribution in [0.5, 0.6) is 0 Å². The maximum atomic E-state index is 13.1. The van der Waals surface area contributed by atoms with Crippen LogP contribution in [0.15, 0.2) is 42.6 Å². The van der Waals surface area contributed by atoms with Gasteiger partial charge in [0.25, 0.3) is 5.91 Å². The summed E-state index contributed by atoms with van der Waals surface area (Å²) in [7, 11) is 0. The molecule has 0 bridgehead atoms. The number of halogens is 3. The van der Waals surface area contributed by atoms with Gasteiger partial charge in [-0.25, -0.2) is 9.97 Å². The number of carbonyl (C=O) groups is 1. The van der Waals surface area contributed by atoms with E-state index in [1.54, 1.807) is 38.1 Å². The highest BCUT2D eigenvalue weighted by Crippen LogP contribution is 2.36. The monoisotopic (exact) mass is 447 g/mol. The summed E-state index contributed by atoms with van der Waals surface area (Å²) < 4.78 is 39.3. The second-order valence-corrected chi connectivity index (χ2v) is 8.26. The number of anilines is 1. The second-order valence-electron chi connectivity index (χ2n) is 7.29. The van der Waals surface area contributed by atoms with Gasteiger partial charge in [0.15, 0.2) is 5.13 Å². The Morgan fingerprint density at radius 3 is 2.45 bits per heavy atom. The molecule has 31 heavy (non-hydrogen) atoms. The van der Waals surface area contributed by atoms with E-state index in [1.165, 1.54) is 12.1 Å². The molecule has 11 heteroatoms. The number of alkyl halides is 3. The predicted molar refractivity (Wildman–Crippen MR) is 110 cm³/mol. The Balaban J connectivity index is 1.58. The molecule has 160 valence electrons. The third-order valence-corrected chi connectivity index (χ3v) is 5.41. The number of benzene rings is 1. The SMILES string of the molecule is CC(C)(O)c1ccc(C(=O)Nc2nc3ccc(-c4cn[nH]c4C(F)(F)F)nc3s2)cc1. The number of aliphatic hydroxyl groups is 1. The Kier molecular flexibility index (Phi) is 5.02. The normalized spacial score (nSPS) is 12.3. The second kappa shape index (κ2) is 7.43. The van der Waals surface area contributed by atoms with Gasteiger partial charge in [0.1, 0.15) is 16.0 Å². The summed E-state index contributed by atoms with van der Waals surface area (Å²) in [6.45, 7) is 3.29. The summed E-state index contributed by atoms with van der Waals surface area (Å²) in [6.07, 6.45) is -3.52. The molecule has 3 N–H and O–H groups in total. The van der Waals surface area contributed by atoms with Gasteiger partial charge in [-0.05, 0) is 43.7 Å². The topological polar surface area (TPSA) is 104 Å². The summed E-state index contributed by atoms with van der Waals surface area (Å²) >= 11 is 1.05. The number of hydrogen-bond donors (Lipinski definition) is 3. The maximum Gasteiger partial charge on any atom is 0.433 e. The maximum absolute atomic E-state index is 13.1. The van der Waals surface area contributed by atoms with Crippen LogP contribution in [-0.2, 0) is 11.8 Å². The molecule has 3 heterocycles. The van der Waals surface area contributed by atoms with Gasteiger partial charge in [-0.15, -0.1) is 0 Å². The van der Waals surface area contributed by atoms with Crippen molar-refractivity contribution in [3.05, 3.63) is 59.4 Å². The van der Waals surface area contributed by atoms with Crippen LogP contribution in [0.3, 0.4) is 0 Å². The minimum absolute atomic E-state index is 0.0947. The minimum atomic E-state index is -4.59. The summed E-state index contributed by atoms with van der Waals surface area (Å²) in [5.74, 6) is -0.407. The molecule has 7 nitrogen and oxygen atoms in total. The molecule has 3 aromatic heterocycles. The van der Waals surface area contributed by atoms with E-state index in [0.717, 1.165) is 17.5 Å². The van der Waals surface area contributed by atoms with Crippen LogP contribution in [0.4, 0.5) is 18.3 Å². The third-order valence-electron chi connectivity index (χ3n) is 4.53. The smallest absolute Gasteiger partial charge is 0.386 e. The molecule has 0 radical (unpaired) electrons. The van der Waals surface area contributed by atoms with E-state index in [2.05, 4.69) is 20.4 Å². The zero-order valence-corrected chi connectivity index (χ0v) is 17.1. The molecular formula is C20H16F3N5O2S. The van der Waals surface area contributed by atoms with Crippen molar-refractivity contribution in [1.29, 1.82) is 0 Å². The Hall–Kier alpha value is -3.31. The van der Waals surface area contributed by atoms with E-state index in [-0.39, 0.29) is 16.4 Å². The van der Waals surface area contributed by atoms with Crippen LogP contribution in [0.2, 0.25) is 0 Å². The molecule has 0 saturated heterocycles. The lowest BCUT2D eigenvalue weighted by Crippen LogP contribution is -2.16. The van der Waals surface area contributed by atoms with Crippen molar-refractivity contribution in [1.82, 2.24) is 20.2 Å². The number of H-pyrrole nitrogens is 1. The number of nitrogens with zero attached hydrogens (tertiary/aromatic N) is 3. The number of nitrogens with one attached hydrogen (secondary N) is 2. The average molecular weight is 447 g/mol. The standard InChI is InChI=1S/C20H16F3N5O2S/c1-19(2,30)11-5-3-10(4-6-11)16(29)27-18-26-14-8-7-13(25-17(14)31-18)12-9-24-28-15(12)20(21,22)23/h3-9,30H,1-2H3,(H,24,28)(H,26,27,29). The molecule has 1 amide bonds. The van der Waals surface area contributed by atoms with E-state index >= 15 is 0 Å². The molecule has 0 atom stereocenters. The van der Waals surface area contributed by atoms with E-state index in [1.807, 2.05) is 5.10 Å². The van der Waals surface area contributed by atoms with Crippen molar-refractivity contribution in [2.75, 3.05) is 5.32 Å². The predicted octanol–water partition coefficient (Wildman–Crippen LogP) is 4.58. The molecule has 0 spiro atoms. The van der Waals surface area contributed by atoms with Crippen LogP contribution in [-0.4, -0.2) is 31.2 Å². The molecule has 0 saturated carbocycles. The van der Waals surface area contributed by atoms with E-state index < -0.39 is 23.4 Å². The van der Waals surface area contributed by atoms with Crippen LogP contribution in [0.25, 0.3) is 21.6 Å². The van der Waals surface area contributed by atoms with Gasteiger partial charge in [-0.1, -0.05) is 23.5 Å². The number of rotatable bonds is 4. The van der Waals surface area contributed by atoms with Crippen molar-refractivity contribution in [2.24, 2.45) is 0 Å². The number of pyridine rings is 1. The molecule has 0 fully saturated rings. The molecule has 0 unspecified atom stereocenters. The first-order valence-electron chi connectivity index (χ1n) is 9.05. The van der Waals surface area contributed by atoms with Gasteiger partial charge in [0.2, 0.25) is 0 Å². The molecule has 4 aromatic rings. The quantitative estimate of drug-likeness (QED) is 0.425. The van der Waals surface area contributed by atoms with Gasteiger partial charge < -0.3 is 5.11 Å². The molecule has 0 aliphatic heterocycles. The van der Waals surface area contributed by atoms with E-state index in [9.17, 15) is 23.1 Å². The van der Waals surface area contributed by atoms with Crippen molar-refractivity contribution < 1.29 is 23.1 Å². The number of carbonyl (C=O) groups excluding carboxylic acids is 1. The van der Waals surface area contributed by atoms with Gasteiger partial charge >= 0.3 is 6.18 Å². The van der Waals surface area contributed by atoms with E-state index in [4.69, 9.17) is 0 Å². The van der Waals surface area contributed by atoms with Gasteiger partial charge in [0.05, 0.1) is 23.1 Å². The highest BCUT2D eigenvalue weighted by molar-refractivity contribution is 7.22. The zero-order chi connectivity index (χ0) is 22.4. The highest BCUT2D eigenvalue weighted by atomic mass is 32.1. The first-order valence-corrected chi connectivity index (χ1v) is 9.87. The number of fused-ring (bicyclic) bond motifs is 1. The van der Waals surface area contributed by atoms with Crippen LogP contribution >= 0.6 is 11.3 Å². The molecule has 4 rings (SSSR count). The molecular weight excluding hydrogens is 431 g/mol. The number of aromatic nitrogens is 4. The Bertz CT molecular complexity index is 1260. The lowest BCUT2D eigenvalue weighted by Gasteiger charge is -2.17. The average Bonchev–Trinajstić information content (AvgIpc) is 3.33. The van der Waals surface area contributed by atoms with E-state index in [0.29, 0.717) is 21.5 Å². The molecule has 0 aliphatic rings. The fourth-order valence-corrected chi connectivity index (χ4v) is 3.75. The van der Waals surface area contributed by atoms with Crippen molar-refractivity contribution in [3.63, 3.8) is 0 Å². The summed E-state index contributed by atoms with van der Waals surface area (Å²) in [5, 5.41) is 18.4. The molecule has 0 aliphatic carbocycles. The summed E-state index contributed by atoms with van der Waals surface area (Å²) in [5.41, 5.74) is -0.595. The van der Waals surface area contributed by atoms with Crippen LogP contribution in [0, 0.1) is 0 Å². The highest BCUT2D eigenvalue weighted by Gasteiger charge is 2.36. The van der Waals surface area contributed by atoms with Gasteiger partial charge in [0, 0.05) is 5.56 Å². The van der Waals surface area contributed by atoms with Crippen LogP contribution < -0.4 is 5.32 Å². The first kappa shape index (κ1) is 20.9. The lowest BCUT2D eigenvalue weighted by molar-refractivity contribution is -0.140.